The Balaban J connectivity index is 1.66. The number of hydrogen-bond acceptors (Lipinski definition) is 7. The van der Waals surface area contributed by atoms with E-state index in [0.717, 1.165) is 0 Å². The Labute approximate surface area is 190 Å². The zero-order valence-corrected chi connectivity index (χ0v) is 18.6. The van der Waals surface area contributed by atoms with Crippen molar-refractivity contribution >= 4 is 29.6 Å². The fourth-order valence-corrected chi connectivity index (χ4v) is 3.19. The number of fused-ring (bicyclic) bond motifs is 1. The summed E-state index contributed by atoms with van der Waals surface area (Å²) in [5.41, 5.74) is 3.28. The number of hydrogen-bond donors (Lipinski definition) is 3. The Morgan fingerprint density at radius 3 is 2.72 bits per heavy atom. The molecule has 0 fully saturated rings. The molecule has 3 rings (SSSR count). The van der Waals surface area contributed by atoms with E-state index in [9.17, 15) is 14.7 Å². The normalized spacial score (nSPS) is 13.3. The van der Waals surface area contributed by atoms with Gasteiger partial charge in [-0.3, -0.25) is 9.59 Å². The average molecular weight is 462 g/mol. The summed E-state index contributed by atoms with van der Waals surface area (Å²) in [5, 5.41) is 16.7. The second-order valence-electron chi connectivity index (χ2n) is 7.28. The molecule has 32 heavy (non-hydrogen) atoms. The van der Waals surface area contributed by atoms with Crippen molar-refractivity contribution in [1.29, 1.82) is 0 Å². The van der Waals surface area contributed by atoms with E-state index in [4.69, 9.17) is 25.8 Å². The first-order chi connectivity index (χ1) is 15.3. The maximum atomic E-state index is 12.6. The summed E-state index contributed by atoms with van der Waals surface area (Å²) in [7, 11) is 0. The summed E-state index contributed by atoms with van der Waals surface area (Å²) >= 11 is 6.00. The zero-order valence-electron chi connectivity index (χ0n) is 17.8. The van der Waals surface area contributed by atoms with E-state index in [1.165, 1.54) is 12.3 Å². The maximum Gasteiger partial charge on any atom is 0.262 e. The van der Waals surface area contributed by atoms with Crippen LogP contribution in [0.5, 0.6) is 23.0 Å². The van der Waals surface area contributed by atoms with E-state index in [0.29, 0.717) is 29.2 Å². The molecule has 9 nitrogen and oxygen atoms in total. The number of phenolic OH excluding ortho intramolecular Hbond substituents is 1. The Hall–Kier alpha value is -3.46. The fraction of sp³-hybridized carbons (Fsp3) is 0.318. The van der Waals surface area contributed by atoms with Crippen LogP contribution in [0, 0.1) is 5.92 Å². The van der Waals surface area contributed by atoms with Crippen molar-refractivity contribution in [3.8, 4) is 23.0 Å². The molecule has 0 spiro atoms. The second kappa shape index (κ2) is 10.2. The van der Waals surface area contributed by atoms with Crippen molar-refractivity contribution < 1.29 is 28.9 Å². The molecule has 0 saturated carbocycles. The smallest absolute Gasteiger partial charge is 0.262 e. The minimum Gasteiger partial charge on any atom is -0.503 e. The third-order valence-corrected chi connectivity index (χ3v) is 4.90. The quantitative estimate of drug-likeness (QED) is 0.410. The van der Waals surface area contributed by atoms with Crippen LogP contribution in [0.2, 0.25) is 5.02 Å². The van der Waals surface area contributed by atoms with Gasteiger partial charge in [0, 0.05) is 5.56 Å². The number of benzene rings is 2. The Kier molecular flexibility index (Phi) is 7.42. The second-order valence-corrected chi connectivity index (χ2v) is 7.69. The number of amides is 2. The largest absolute Gasteiger partial charge is 0.503 e. The van der Waals surface area contributed by atoms with Crippen molar-refractivity contribution in [2.24, 2.45) is 11.0 Å². The minimum absolute atomic E-state index is 0.0970. The minimum atomic E-state index is -0.826. The predicted molar refractivity (Wildman–Crippen MR) is 119 cm³/mol. The Morgan fingerprint density at radius 2 is 2.00 bits per heavy atom. The molecule has 1 aliphatic rings. The molecule has 2 aromatic rings. The number of nitrogens with zero attached hydrogens (tertiary/aromatic N) is 1. The number of rotatable bonds is 8. The summed E-state index contributed by atoms with van der Waals surface area (Å²) in [6, 6.07) is 7.01. The van der Waals surface area contributed by atoms with Crippen molar-refractivity contribution in [3.05, 3.63) is 46.5 Å². The molecule has 1 heterocycles. The van der Waals surface area contributed by atoms with Gasteiger partial charge in [-0.1, -0.05) is 25.4 Å². The summed E-state index contributed by atoms with van der Waals surface area (Å²) in [6.45, 7) is 5.84. The van der Waals surface area contributed by atoms with Gasteiger partial charge in [-0.2, -0.15) is 5.10 Å². The zero-order chi connectivity index (χ0) is 23.3. The topological polar surface area (TPSA) is 118 Å². The van der Waals surface area contributed by atoms with Gasteiger partial charge in [0.2, 0.25) is 6.79 Å². The van der Waals surface area contributed by atoms with E-state index in [2.05, 4.69) is 15.8 Å². The molecule has 2 aromatic carbocycles. The molecule has 0 aromatic heterocycles. The van der Waals surface area contributed by atoms with Gasteiger partial charge in [-0.25, -0.2) is 5.43 Å². The number of phenols is 1. The van der Waals surface area contributed by atoms with Crippen LogP contribution in [0.15, 0.2) is 35.4 Å². The van der Waals surface area contributed by atoms with Gasteiger partial charge in [-0.15, -0.1) is 0 Å². The van der Waals surface area contributed by atoms with Crippen molar-refractivity contribution in [2.75, 3.05) is 13.4 Å². The molecule has 1 aliphatic heterocycles. The molecule has 10 heteroatoms. The van der Waals surface area contributed by atoms with Crippen LogP contribution >= 0.6 is 11.6 Å². The highest BCUT2D eigenvalue weighted by Crippen LogP contribution is 2.35. The molecular formula is C22H24ClN3O6. The van der Waals surface area contributed by atoms with Crippen molar-refractivity contribution in [2.45, 2.75) is 26.8 Å². The number of carbonyl (C=O) groups is 2. The molecule has 1 unspecified atom stereocenters. The highest BCUT2D eigenvalue weighted by atomic mass is 35.5. The van der Waals surface area contributed by atoms with Crippen LogP contribution in [0.25, 0.3) is 0 Å². The van der Waals surface area contributed by atoms with Crippen LogP contribution in [-0.4, -0.2) is 42.6 Å². The van der Waals surface area contributed by atoms with Gasteiger partial charge >= 0.3 is 0 Å². The molecule has 2 amide bonds. The van der Waals surface area contributed by atoms with Gasteiger partial charge in [0.15, 0.2) is 23.0 Å². The molecule has 0 aliphatic carbocycles. The lowest BCUT2D eigenvalue weighted by atomic mass is 10.0. The number of nitrogens with one attached hydrogen (secondary N) is 2. The van der Waals surface area contributed by atoms with E-state index < -0.39 is 17.9 Å². The van der Waals surface area contributed by atoms with Gasteiger partial charge in [0.1, 0.15) is 6.04 Å². The number of ether oxygens (including phenoxy) is 3. The van der Waals surface area contributed by atoms with Crippen molar-refractivity contribution in [3.63, 3.8) is 0 Å². The molecule has 0 radical (unpaired) electrons. The molecule has 0 bridgehead atoms. The molecular weight excluding hydrogens is 438 g/mol. The number of hydrazone groups is 1. The molecule has 0 saturated heterocycles. The number of aromatic hydroxyl groups is 1. The molecule has 170 valence electrons. The van der Waals surface area contributed by atoms with Gasteiger partial charge in [0.05, 0.1) is 17.8 Å². The summed E-state index contributed by atoms with van der Waals surface area (Å²) in [6.07, 6.45) is 1.36. The lowest BCUT2D eigenvalue weighted by molar-refractivity contribution is -0.123. The van der Waals surface area contributed by atoms with Crippen LogP contribution in [-0.2, 0) is 4.79 Å². The van der Waals surface area contributed by atoms with Gasteiger partial charge in [0.25, 0.3) is 11.8 Å². The lowest BCUT2D eigenvalue weighted by Crippen LogP contribution is -2.48. The Morgan fingerprint density at radius 1 is 1.25 bits per heavy atom. The van der Waals surface area contributed by atoms with E-state index in [-0.39, 0.29) is 29.2 Å². The van der Waals surface area contributed by atoms with E-state index >= 15 is 0 Å². The summed E-state index contributed by atoms with van der Waals surface area (Å²) in [5.74, 6) is -0.0174. The monoisotopic (exact) mass is 461 g/mol. The van der Waals surface area contributed by atoms with Gasteiger partial charge in [-0.05, 0) is 48.7 Å². The van der Waals surface area contributed by atoms with Crippen molar-refractivity contribution in [1.82, 2.24) is 10.7 Å². The van der Waals surface area contributed by atoms with Crippen LogP contribution < -0.4 is 25.0 Å². The Bertz CT molecular complexity index is 1040. The third-order valence-electron chi connectivity index (χ3n) is 4.61. The van der Waals surface area contributed by atoms with E-state index in [1.807, 2.05) is 13.8 Å². The van der Waals surface area contributed by atoms with Crippen LogP contribution in [0.4, 0.5) is 0 Å². The standard InChI is InChI=1S/C22H24ClN3O6/c1-4-30-18-8-13(7-15(23)20(18)27)10-24-26-22(29)19(12(2)3)25-21(28)14-5-6-16-17(9-14)32-11-31-16/h5-10,12,19,27H,4,11H2,1-3H3,(H,25,28)(H,26,29)/b24-10+. The molecule has 3 N–H and O–H groups in total. The van der Waals surface area contributed by atoms with Gasteiger partial charge < -0.3 is 24.6 Å². The fourth-order valence-electron chi connectivity index (χ4n) is 2.97. The summed E-state index contributed by atoms with van der Waals surface area (Å²) in [4.78, 5) is 25.3. The van der Waals surface area contributed by atoms with E-state index in [1.54, 1.807) is 31.2 Å². The first-order valence-corrected chi connectivity index (χ1v) is 10.4. The van der Waals surface area contributed by atoms with Crippen LogP contribution in [0.3, 0.4) is 0 Å². The highest BCUT2D eigenvalue weighted by Gasteiger charge is 2.25. The van der Waals surface area contributed by atoms with Crippen LogP contribution in [0.1, 0.15) is 36.7 Å². The maximum absolute atomic E-state index is 12.6. The predicted octanol–water partition coefficient (Wildman–Crippen LogP) is 3.08. The number of carbonyl (C=O) groups excluding carboxylic acids is 2. The number of halogens is 1. The molecule has 1 atom stereocenters. The SMILES string of the molecule is CCOc1cc(/C=N/NC(=O)C(NC(=O)c2ccc3c(c2)OCO3)C(C)C)cc(Cl)c1O. The third kappa shape index (κ3) is 5.42. The lowest BCUT2D eigenvalue weighted by Gasteiger charge is -2.20. The average Bonchev–Trinajstić information content (AvgIpc) is 3.23. The summed E-state index contributed by atoms with van der Waals surface area (Å²) < 4.78 is 15.9. The first kappa shape index (κ1) is 23.2. The highest BCUT2D eigenvalue weighted by molar-refractivity contribution is 6.32. The first-order valence-electron chi connectivity index (χ1n) is 9.98.